The van der Waals surface area contributed by atoms with Gasteiger partial charge in [0.2, 0.25) is 6.41 Å². The monoisotopic (exact) mass is 197 g/mol. The standard InChI is InChI=1S/C6H7N3O.2C2H6/c1-5-2-7-3-6(9-5)8-4-10;2*1-2/h2-4H,1H3,(H,8,9,10);2*1-2H3. The summed E-state index contributed by atoms with van der Waals surface area (Å²) in [6.45, 7) is 9.81. The maximum atomic E-state index is 9.91. The van der Waals surface area contributed by atoms with E-state index in [0.29, 0.717) is 12.2 Å². The summed E-state index contributed by atoms with van der Waals surface area (Å²) in [6.07, 6.45) is 3.68. The van der Waals surface area contributed by atoms with Gasteiger partial charge >= 0.3 is 0 Å². The lowest BCUT2D eigenvalue weighted by Crippen LogP contribution is -1.98. The Bertz CT molecular complexity index is 239. The molecule has 1 aromatic rings. The highest BCUT2D eigenvalue weighted by atomic mass is 16.1. The molecule has 0 unspecified atom stereocenters. The number of aromatic nitrogens is 2. The number of nitrogens with one attached hydrogen (secondary N) is 1. The maximum Gasteiger partial charge on any atom is 0.212 e. The first kappa shape index (κ1) is 15.0. The number of amides is 1. The Morgan fingerprint density at radius 1 is 1.21 bits per heavy atom. The van der Waals surface area contributed by atoms with Crippen molar-refractivity contribution >= 4 is 12.2 Å². The molecule has 0 aliphatic rings. The molecule has 1 amide bonds. The molecule has 4 nitrogen and oxygen atoms in total. The highest BCUT2D eigenvalue weighted by Crippen LogP contribution is 1.97. The van der Waals surface area contributed by atoms with Gasteiger partial charge in [0.15, 0.2) is 5.82 Å². The smallest absolute Gasteiger partial charge is 0.212 e. The van der Waals surface area contributed by atoms with E-state index in [0.717, 1.165) is 5.69 Å². The summed E-state index contributed by atoms with van der Waals surface area (Å²) < 4.78 is 0. The molecule has 1 rings (SSSR count). The average molecular weight is 197 g/mol. The van der Waals surface area contributed by atoms with Crippen molar-refractivity contribution in [1.29, 1.82) is 0 Å². The van der Waals surface area contributed by atoms with Crippen LogP contribution in [-0.4, -0.2) is 16.4 Å². The lowest BCUT2D eigenvalue weighted by Gasteiger charge is -1.95. The number of anilines is 1. The molecular weight excluding hydrogens is 178 g/mol. The van der Waals surface area contributed by atoms with Crippen LogP contribution in [0.5, 0.6) is 0 Å². The second kappa shape index (κ2) is 11.6. The number of carbonyl (C=O) groups is 1. The number of hydrogen-bond donors (Lipinski definition) is 1. The minimum absolute atomic E-state index is 0.481. The van der Waals surface area contributed by atoms with Gasteiger partial charge in [-0.15, -0.1) is 0 Å². The third kappa shape index (κ3) is 7.21. The van der Waals surface area contributed by atoms with Crippen molar-refractivity contribution < 1.29 is 4.79 Å². The van der Waals surface area contributed by atoms with E-state index in [-0.39, 0.29) is 0 Å². The summed E-state index contributed by atoms with van der Waals surface area (Å²) in [5.74, 6) is 0.481. The number of hydrogen-bond acceptors (Lipinski definition) is 3. The van der Waals surface area contributed by atoms with Gasteiger partial charge in [-0.2, -0.15) is 0 Å². The SMILES string of the molecule is CC.CC.Cc1cncc(NC=O)n1. The molecule has 0 spiro atoms. The fourth-order valence-corrected chi connectivity index (χ4v) is 0.593. The zero-order valence-corrected chi connectivity index (χ0v) is 9.53. The van der Waals surface area contributed by atoms with Crippen LogP contribution < -0.4 is 5.32 Å². The summed E-state index contributed by atoms with van der Waals surface area (Å²) in [4.78, 5) is 17.7. The summed E-state index contributed by atoms with van der Waals surface area (Å²) >= 11 is 0. The van der Waals surface area contributed by atoms with Gasteiger partial charge in [-0.05, 0) is 6.92 Å². The van der Waals surface area contributed by atoms with Gasteiger partial charge in [0, 0.05) is 6.20 Å². The Hall–Kier alpha value is -1.45. The molecule has 1 N–H and O–H groups in total. The summed E-state index contributed by atoms with van der Waals surface area (Å²) in [6, 6.07) is 0. The Labute approximate surface area is 85.8 Å². The highest BCUT2D eigenvalue weighted by Gasteiger charge is 1.90. The lowest BCUT2D eigenvalue weighted by atomic mass is 10.5. The molecular formula is C10H19N3O. The van der Waals surface area contributed by atoms with Crippen LogP contribution in [0.2, 0.25) is 0 Å². The van der Waals surface area contributed by atoms with Crippen LogP contribution in [0.25, 0.3) is 0 Å². The van der Waals surface area contributed by atoms with Crippen molar-refractivity contribution in [3.8, 4) is 0 Å². The molecule has 0 saturated carbocycles. The molecule has 0 atom stereocenters. The molecule has 14 heavy (non-hydrogen) atoms. The minimum atomic E-state index is 0.481. The van der Waals surface area contributed by atoms with E-state index >= 15 is 0 Å². The van der Waals surface area contributed by atoms with Crippen LogP contribution in [-0.2, 0) is 4.79 Å². The van der Waals surface area contributed by atoms with Crippen molar-refractivity contribution in [3.05, 3.63) is 18.1 Å². The van der Waals surface area contributed by atoms with Gasteiger partial charge in [-0.25, -0.2) is 4.98 Å². The molecule has 0 aliphatic carbocycles. The predicted octanol–water partition coefficient (Wildman–Crippen LogP) is 2.41. The lowest BCUT2D eigenvalue weighted by molar-refractivity contribution is -0.105. The topological polar surface area (TPSA) is 54.9 Å². The van der Waals surface area contributed by atoms with E-state index < -0.39 is 0 Å². The van der Waals surface area contributed by atoms with Crippen molar-refractivity contribution in [3.63, 3.8) is 0 Å². The van der Waals surface area contributed by atoms with Gasteiger partial charge in [-0.3, -0.25) is 9.78 Å². The van der Waals surface area contributed by atoms with Crippen LogP contribution in [0, 0.1) is 6.92 Å². The Kier molecular flexibility index (Phi) is 12.4. The van der Waals surface area contributed by atoms with Crippen LogP contribution in [0.1, 0.15) is 33.4 Å². The number of aryl methyl sites for hydroxylation is 1. The van der Waals surface area contributed by atoms with Crippen molar-refractivity contribution in [2.24, 2.45) is 0 Å². The first-order valence-electron chi connectivity index (χ1n) is 4.82. The van der Waals surface area contributed by atoms with E-state index in [2.05, 4.69) is 15.3 Å². The molecule has 0 radical (unpaired) electrons. The molecule has 80 valence electrons. The van der Waals surface area contributed by atoms with E-state index in [9.17, 15) is 4.79 Å². The Balaban J connectivity index is 0. The zero-order chi connectivity index (χ0) is 11.4. The first-order valence-corrected chi connectivity index (χ1v) is 4.82. The number of carbonyl (C=O) groups excluding carboxylic acids is 1. The molecule has 0 fully saturated rings. The quantitative estimate of drug-likeness (QED) is 0.741. The molecule has 1 aromatic heterocycles. The second-order valence-corrected chi connectivity index (χ2v) is 1.81. The molecule has 0 aromatic carbocycles. The molecule has 0 saturated heterocycles. The summed E-state index contributed by atoms with van der Waals surface area (Å²) in [7, 11) is 0. The highest BCUT2D eigenvalue weighted by molar-refractivity contribution is 5.68. The summed E-state index contributed by atoms with van der Waals surface area (Å²) in [5, 5.41) is 2.39. The minimum Gasteiger partial charge on any atom is -0.312 e. The third-order valence-electron chi connectivity index (χ3n) is 0.962. The van der Waals surface area contributed by atoms with Gasteiger partial charge < -0.3 is 5.32 Å². The molecule has 4 heteroatoms. The largest absolute Gasteiger partial charge is 0.312 e. The fourth-order valence-electron chi connectivity index (χ4n) is 0.593. The normalized spacial score (nSPS) is 7.21. The van der Waals surface area contributed by atoms with Crippen molar-refractivity contribution in [1.82, 2.24) is 9.97 Å². The molecule has 0 bridgehead atoms. The first-order chi connectivity index (χ1) is 6.83. The Morgan fingerprint density at radius 3 is 2.21 bits per heavy atom. The summed E-state index contributed by atoms with van der Waals surface area (Å²) in [5.41, 5.74) is 0.784. The predicted molar refractivity (Wildman–Crippen MR) is 59.2 cm³/mol. The van der Waals surface area contributed by atoms with Crippen LogP contribution in [0.3, 0.4) is 0 Å². The Morgan fingerprint density at radius 2 is 1.79 bits per heavy atom. The molecule has 0 aliphatic heterocycles. The van der Waals surface area contributed by atoms with Crippen LogP contribution in [0.4, 0.5) is 5.82 Å². The number of nitrogens with zero attached hydrogens (tertiary/aromatic N) is 2. The zero-order valence-electron chi connectivity index (χ0n) is 9.53. The van der Waals surface area contributed by atoms with E-state index in [1.165, 1.54) is 6.20 Å². The fraction of sp³-hybridized carbons (Fsp3) is 0.500. The van der Waals surface area contributed by atoms with Gasteiger partial charge in [0.05, 0.1) is 11.9 Å². The van der Waals surface area contributed by atoms with Gasteiger partial charge in [-0.1, -0.05) is 27.7 Å². The van der Waals surface area contributed by atoms with E-state index in [1.807, 2.05) is 34.6 Å². The van der Waals surface area contributed by atoms with E-state index in [4.69, 9.17) is 0 Å². The van der Waals surface area contributed by atoms with Crippen LogP contribution >= 0.6 is 0 Å². The average Bonchev–Trinajstić information content (AvgIpc) is 2.24. The van der Waals surface area contributed by atoms with Crippen molar-refractivity contribution in [2.45, 2.75) is 34.6 Å². The van der Waals surface area contributed by atoms with E-state index in [1.54, 1.807) is 6.20 Å². The maximum absolute atomic E-state index is 9.91. The van der Waals surface area contributed by atoms with Gasteiger partial charge in [0.25, 0.3) is 0 Å². The molecule has 1 heterocycles. The van der Waals surface area contributed by atoms with Crippen LogP contribution in [0.15, 0.2) is 12.4 Å². The third-order valence-corrected chi connectivity index (χ3v) is 0.962. The van der Waals surface area contributed by atoms with Gasteiger partial charge in [0.1, 0.15) is 0 Å². The van der Waals surface area contributed by atoms with Crippen molar-refractivity contribution in [2.75, 3.05) is 5.32 Å². The number of rotatable bonds is 2. The second-order valence-electron chi connectivity index (χ2n) is 1.81.